The summed E-state index contributed by atoms with van der Waals surface area (Å²) in [5.74, 6) is 0.414. The summed E-state index contributed by atoms with van der Waals surface area (Å²) in [7, 11) is 3.94. The molecule has 136 valence electrons. The Morgan fingerprint density at radius 2 is 2.08 bits per heavy atom. The molecule has 0 fully saturated rings. The SMILES string of the molecule is CC(Oc1cccc(C#N)c1)C(=O)N(CCN(C)C)Cc1cccnc1. The third-order valence-corrected chi connectivity index (χ3v) is 3.85. The fraction of sp³-hybridized carbons (Fsp3) is 0.350. The molecule has 2 rings (SSSR count). The average Bonchev–Trinajstić information content (AvgIpc) is 2.65. The van der Waals surface area contributed by atoms with E-state index in [2.05, 4.69) is 11.1 Å². The number of aromatic nitrogens is 1. The van der Waals surface area contributed by atoms with Gasteiger partial charge in [-0.05, 0) is 50.8 Å². The molecule has 1 aromatic carbocycles. The van der Waals surface area contributed by atoms with Crippen LogP contribution < -0.4 is 4.74 Å². The smallest absolute Gasteiger partial charge is 0.263 e. The number of hydrogen-bond acceptors (Lipinski definition) is 5. The lowest BCUT2D eigenvalue weighted by Crippen LogP contribution is -2.43. The summed E-state index contributed by atoms with van der Waals surface area (Å²) in [6, 6.07) is 12.7. The van der Waals surface area contributed by atoms with Gasteiger partial charge in [0.15, 0.2) is 6.10 Å². The molecule has 0 aliphatic rings. The topological polar surface area (TPSA) is 69.5 Å². The molecule has 1 atom stereocenters. The van der Waals surface area contributed by atoms with Crippen molar-refractivity contribution in [3.63, 3.8) is 0 Å². The van der Waals surface area contributed by atoms with E-state index in [1.54, 1.807) is 48.5 Å². The number of rotatable bonds is 8. The lowest BCUT2D eigenvalue weighted by molar-refractivity contribution is -0.138. The van der Waals surface area contributed by atoms with E-state index in [1.165, 1.54) is 0 Å². The zero-order chi connectivity index (χ0) is 18.9. The number of nitriles is 1. The van der Waals surface area contributed by atoms with Crippen molar-refractivity contribution < 1.29 is 9.53 Å². The zero-order valence-corrected chi connectivity index (χ0v) is 15.4. The summed E-state index contributed by atoms with van der Waals surface area (Å²) in [5, 5.41) is 8.99. The number of nitrogens with zero attached hydrogens (tertiary/aromatic N) is 4. The van der Waals surface area contributed by atoms with Crippen molar-refractivity contribution in [1.29, 1.82) is 5.26 Å². The highest BCUT2D eigenvalue weighted by Gasteiger charge is 2.22. The second-order valence-corrected chi connectivity index (χ2v) is 6.32. The molecule has 26 heavy (non-hydrogen) atoms. The van der Waals surface area contributed by atoms with E-state index in [1.807, 2.05) is 31.1 Å². The fourth-order valence-electron chi connectivity index (χ4n) is 2.45. The van der Waals surface area contributed by atoms with Crippen LogP contribution in [0.5, 0.6) is 5.75 Å². The summed E-state index contributed by atoms with van der Waals surface area (Å²) in [6.07, 6.45) is 2.82. The molecular weight excluding hydrogens is 328 g/mol. The average molecular weight is 352 g/mol. The van der Waals surface area contributed by atoms with Crippen LogP contribution in [0, 0.1) is 11.3 Å². The molecule has 0 aliphatic carbocycles. The number of amides is 1. The van der Waals surface area contributed by atoms with Gasteiger partial charge < -0.3 is 14.5 Å². The van der Waals surface area contributed by atoms with E-state index in [9.17, 15) is 4.79 Å². The molecule has 0 saturated heterocycles. The van der Waals surface area contributed by atoms with Gasteiger partial charge in [-0.15, -0.1) is 0 Å². The van der Waals surface area contributed by atoms with Crippen LogP contribution in [0.1, 0.15) is 18.1 Å². The second kappa shape index (κ2) is 9.54. The first kappa shape index (κ1) is 19.4. The van der Waals surface area contributed by atoms with E-state index in [4.69, 9.17) is 10.00 Å². The summed E-state index contributed by atoms with van der Waals surface area (Å²) in [6.45, 7) is 3.55. The molecule has 0 bridgehead atoms. The minimum absolute atomic E-state index is 0.0990. The van der Waals surface area contributed by atoms with Crippen molar-refractivity contribution in [1.82, 2.24) is 14.8 Å². The predicted molar refractivity (Wildman–Crippen MR) is 99.5 cm³/mol. The van der Waals surface area contributed by atoms with Crippen molar-refractivity contribution >= 4 is 5.91 Å². The number of carbonyl (C=O) groups excluding carboxylic acids is 1. The lowest BCUT2D eigenvalue weighted by Gasteiger charge is -2.27. The van der Waals surface area contributed by atoms with Crippen LogP contribution in [0.3, 0.4) is 0 Å². The van der Waals surface area contributed by atoms with E-state index in [-0.39, 0.29) is 5.91 Å². The lowest BCUT2D eigenvalue weighted by atomic mass is 10.2. The number of likely N-dealkylation sites (N-methyl/N-ethyl adjacent to an activating group) is 1. The van der Waals surface area contributed by atoms with E-state index in [0.29, 0.717) is 24.4 Å². The molecule has 1 unspecified atom stereocenters. The van der Waals surface area contributed by atoms with Crippen molar-refractivity contribution in [2.24, 2.45) is 0 Å². The maximum Gasteiger partial charge on any atom is 0.263 e. The molecule has 2 aromatic rings. The number of ether oxygens (including phenoxy) is 1. The van der Waals surface area contributed by atoms with Gasteiger partial charge in [0.25, 0.3) is 5.91 Å². The fourth-order valence-corrected chi connectivity index (χ4v) is 2.45. The number of hydrogen-bond donors (Lipinski definition) is 0. The Morgan fingerprint density at radius 3 is 2.73 bits per heavy atom. The summed E-state index contributed by atoms with van der Waals surface area (Å²) in [4.78, 5) is 20.8. The molecular formula is C20H24N4O2. The highest BCUT2D eigenvalue weighted by molar-refractivity contribution is 5.81. The minimum atomic E-state index is -0.650. The Hall–Kier alpha value is -2.91. The van der Waals surface area contributed by atoms with E-state index < -0.39 is 6.10 Å². The molecule has 1 aromatic heterocycles. The summed E-state index contributed by atoms with van der Waals surface area (Å²) >= 11 is 0. The summed E-state index contributed by atoms with van der Waals surface area (Å²) in [5.41, 5.74) is 1.47. The third kappa shape index (κ3) is 5.87. The van der Waals surface area contributed by atoms with Gasteiger partial charge in [-0.25, -0.2) is 0 Å². The maximum absolute atomic E-state index is 12.9. The number of benzene rings is 1. The van der Waals surface area contributed by atoms with Gasteiger partial charge in [0.2, 0.25) is 0 Å². The van der Waals surface area contributed by atoms with Gasteiger partial charge in [-0.3, -0.25) is 9.78 Å². The van der Waals surface area contributed by atoms with Crippen molar-refractivity contribution in [2.75, 3.05) is 27.2 Å². The number of carbonyl (C=O) groups is 1. The highest BCUT2D eigenvalue weighted by atomic mass is 16.5. The first-order chi connectivity index (χ1) is 12.5. The largest absolute Gasteiger partial charge is 0.481 e. The molecule has 0 saturated carbocycles. The van der Waals surface area contributed by atoms with Gasteiger partial charge >= 0.3 is 0 Å². The van der Waals surface area contributed by atoms with Gasteiger partial charge in [0, 0.05) is 32.0 Å². The molecule has 6 heteroatoms. The quantitative estimate of drug-likeness (QED) is 0.729. The number of pyridine rings is 1. The van der Waals surface area contributed by atoms with Gasteiger partial charge in [0.05, 0.1) is 11.6 Å². The van der Waals surface area contributed by atoms with Crippen LogP contribution in [-0.2, 0) is 11.3 Å². The van der Waals surface area contributed by atoms with Gasteiger partial charge in [-0.2, -0.15) is 5.26 Å². The second-order valence-electron chi connectivity index (χ2n) is 6.32. The zero-order valence-electron chi connectivity index (χ0n) is 15.4. The molecule has 1 amide bonds. The molecule has 0 aliphatic heterocycles. The Morgan fingerprint density at radius 1 is 1.27 bits per heavy atom. The Kier molecular flexibility index (Phi) is 7.12. The highest BCUT2D eigenvalue weighted by Crippen LogP contribution is 2.16. The molecule has 0 spiro atoms. The third-order valence-electron chi connectivity index (χ3n) is 3.85. The van der Waals surface area contributed by atoms with Crippen LogP contribution in [0.2, 0.25) is 0 Å². The predicted octanol–water partition coefficient (Wildman–Crippen LogP) is 2.31. The first-order valence-electron chi connectivity index (χ1n) is 8.49. The Bertz CT molecular complexity index is 756. The van der Waals surface area contributed by atoms with Crippen LogP contribution in [0.25, 0.3) is 0 Å². The van der Waals surface area contributed by atoms with Crippen molar-refractivity contribution in [3.05, 3.63) is 59.9 Å². The minimum Gasteiger partial charge on any atom is -0.481 e. The van der Waals surface area contributed by atoms with Crippen molar-refractivity contribution in [3.8, 4) is 11.8 Å². The van der Waals surface area contributed by atoms with Gasteiger partial charge in [0.1, 0.15) is 5.75 Å². The molecule has 0 N–H and O–H groups in total. The normalized spacial score (nSPS) is 11.7. The van der Waals surface area contributed by atoms with E-state index in [0.717, 1.165) is 12.1 Å². The Balaban J connectivity index is 2.09. The molecule has 0 radical (unpaired) electrons. The van der Waals surface area contributed by atoms with Crippen LogP contribution in [0.15, 0.2) is 48.8 Å². The van der Waals surface area contributed by atoms with Crippen LogP contribution in [0.4, 0.5) is 0 Å². The molecule has 6 nitrogen and oxygen atoms in total. The van der Waals surface area contributed by atoms with Crippen molar-refractivity contribution in [2.45, 2.75) is 19.6 Å². The monoisotopic (exact) mass is 352 g/mol. The van der Waals surface area contributed by atoms with E-state index >= 15 is 0 Å². The van der Waals surface area contributed by atoms with Crippen LogP contribution >= 0.6 is 0 Å². The molecule has 1 heterocycles. The maximum atomic E-state index is 12.9. The van der Waals surface area contributed by atoms with Gasteiger partial charge in [-0.1, -0.05) is 12.1 Å². The standard InChI is InChI=1S/C20H24N4O2/c1-16(26-19-8-4-6-17(12-19)13-21)20(25)24(11-10-23(2)3)15-18-7-5-9-22-14-18/h4-9,12,14,16H,10-11,15H2,1-3H3. The first-order valence-corrected chi connectivity index (χ1v) is 8.49. The van der Waals surface area contributed by atoms with Crippen LogP contribution in [-0.4, -0.2) is 54.0 Å². The Labute approximate surface area is 154 Å². The summed E-state index contributed by atoms with van der Waals surface area (Å²) < 4.78 is 5.77.